The Labute approximate surface area is 105 Å². The van der Waals surface area contributed by atoms with Gasteiger partial charge in [0, 0.05) is 10.6 Å². The van der Waals surface area contributed by atoms with Crippen LogP contribution in [0.4, 0.5) is 4.39 Å². The Morgan fingerprint density at radius 2 is 2.00 bits per heavy atom. The Balaban J connectivity index is 2.09. The van der Waals surface area contributed by atoms with E-state index in [0.717, 1.165) is 11.3 Å². The van der Waals surface area contributed by atoms with Crippen LogP contribution in [0.2, 0.25) is 5.02 Å². The number of hydrogen-bond acceptors (Lipinski definition) is 1. The first-order chi connectivity index (χ1) is 8.15. The van der Waals surface area contributed by atoms with Crippen LogP contribution in [0.3, 0.4) is 0 Å². The van der Waals surface area contributed by atoms with E-state index in [0.29, 0.717) is 10.6 Å². The molecule has 3 heteroatoms. The maximum Gasteiger partial charge on any atom is 0.123 e. The summed E-state index contributed by atoms with van der Waals surface area (Å²) in [4.78, 5) is 0. The fourth-order valence-electron chi connectivity index (χ4n) is 1.52. The maximum absolute atomic E-state index is 13.0. The lowest BCUT2D eigenvalue weighted by molar-refractivity contribution is 0.305. The van der Waals surface area contributed by atoms with Gasteiger partial charge in [-0.15, -0.1) is 0 Å². The highest BCUT2D eigenvalue weighted by atomic mass is 35.5. The number of ether oxygens (including phenoxy) is 1. The molecule has 0 aliphatic carbocycles. The van der Waals surface area contributed by atoms with E-state index < -0.39 is 0 Å². The first-order valence-electron chi connectivity index (χ1n) is 5.28. The van der Waals surface area contributed by atoms with Crippen molar-refractivity contribution < 1.29 is 9.13 Å². The zero-order valence-corrected chi connectivity index (χ0v) is 10.2. The van der Waals surface area contributed by atoms with Crippen molar-refractivity contribution in [1.82, 2.24) is 0 Å². The lowest BCUT2D eigenvalue weighted by atomic mass is 10.2. The van der Waals surface area contributed by atoms with Crippen LogP contribution in [0.5, 0.6) is 5.75 Å². The van der Waals surface area contributed by atoms with E-state index in [4.69, 9.17) is 16.3 Å². The van der Waals surface area contributed by atoms with Gasteiger partial charge in [-0.1, -0.05) is 23.7 Å². The molecule has 0 unspecified atom stereocenters. The lowest BCUT2D eigenvalue weighted by Crippen LogP contribution is -1.97. The fourth-order valence-corrected chi connectivity index (χ4v) is 1.69. The van der Waals surface area contributed by atoms with Crippen LogP contribution in [0, 0.1) is 12.7 Å². The predicted octanol–water partition coefficient (Wildman–Crippen LogP) is 4.37. The van der Waals surface area contributed by atoms with Gasteiger partial charge in [-0.25, -0.2) is 4.39 Å². The Hall–Kier alpha value is -1.54. The minimum Gasteiger partial charge on any atom is -0.489 e. The van der Waals surface area contributed by atoms with Crippen molar-refractivity contribution in [3.05, 3.63) is 64.4 Å². The standard InChI is InChI=1S/C14H12ClFO/c1-10-3-2-4-13(7-10)17-9-11-8-12(16)5-6-14(11)15/h2-8H,9H2,1H3. The second kappa shape index (κ2) is 5.19. The van der Waals surface area contributed by atoms with Crippen LogP contribution in [0.15, 0.2) is 42.5 Å². The van der Waals surface area contributed by atoms with E-state index in [1.54, 1.807) is 0 Å². The normalized spacial score (nSPS) is 10.3. The minimum atomic E-state index is -0.308. The summed E-state index contributed by atoms with van der Waals surface area (Å²) in [5.41, 5.74) is 1.76. The summed E-state index contributed by atoms with van der Waals surface area (Å²) in [5, 5.41) is 0.513. The molecule has 0 atom stereocenters. The summed E-state index contributed by atoms with van der Waals surface area (Å²) in [6.07, 6.45) is 0. The number of rotatable bonds is 3. The monoisotopic (exact) mass is 250 g/mol. The molecule has 0 aliphatic heterocycles. The van der Waals surface area contributed by atoms with Gasteiger partial charge >= 0.3 is 0 Å². The van der Waals surface area contributed by atoms with Crippen molar-refractivity contribution in [3.63, 3.8) is 0 Å². The van der Waals surface area contributed by atoms with Crippen LogP contribution in [-0.4, -0.2) is 0 Å². The van der Waals surface area contributed by atoms with Crippen LogP contribution in [0.1, 0.15) is 11.1 Å². The smallest absolute Gasteiger partial charge is 0.123 e. The van der Waals surface area contributed by atoms with Gasteiger partial charge in [0.25, 0.3) is 0 Å². The number of halogens is 2. The highest BCUT2D eigenvalue weighted by molar-refractivity contribution is 6.31. The molecule has 0 radical (unpaired) electrons. The molecule has 0 aromatic heterocycles. The molecule has 1 nitrogen and oxygen atoms in total. The molecule has 0 fully saturated rings. The van der Waals surface area contributed by atoms with E-state index in [1.807, 2.05) is 31.2 Å². The fraction of sp³-hybridized carbons (Fsp3) is 0.143. The van der Waals surface area contributed by atoms with Gasteiger partial charge in [0.05, 0.1) is 0 Å². The summed E-state index contributed by atoms with van der Waals surface area (Å²) in [7, 11) is 0. The highest BCUT2D eigenvalue weighted by Crippen LogP contribution is 2.20. The quantitative estimate of drug-likeness (QED) is 0.786. The Kier molecular flexibility index (Phi) is 3.64. The summed E-state index contributed by atoms with van der Waals surface area (Å²) < 4.78 is 18.6. The van der Waals surface area contributed by atoms with E-state index in [1.165, 1.54) is 18.2 Å². The number of benzene rings is 2. The molecule has 0 spiro atoms. The number of hydrogen-bond donors (Lipinski definition) is 0. The molecule has 2 aromatic rings. The van der Waals surface area contributed by atoms with Crippen molar-refractivity contribution in [2.24, 2.45) is 0 Å². The maximum atomic E-state index is 13.0. The first kappa shape index (κ1) is 11.9. The van der Waals surface area contributed by atoms with E-state index in [2.05, 4.69) is 0 Å². The van der Waals surface area contributed by atoms with Gasteiger partial charge in [0.1, 0.15) is 18.2 Å². The molecular weight excluding hydrogens is 239 g/mol. The van der Waals surface area contributed by atoms with Gasteiger partial charge in [-0.3, -0.25) is 0 Å². The Morgan fingerprint density at radius 1 is 1.18 bits per heavy atom. The van der Waals surface area contributed by atoms with Crippen molar-refractivity contribution in [2.75, 3.05) is 0 Å². The molecule has 0 saturated carbocycles. The average Bonchev–Trinajstić information content (AvgIpc) is 2.30. The molecule has 0 bridgehead atoms. The molecule has 0 saturated heterocycles. The summed E-state index contributed by atoms with van der Waals surface area (Å²) in [5.74, 6) is 0.447. The zero-order valence-electron chi connectivity index (χ0n) is 9.41. The van der Waals surface area contributed by atoms with Crippen LogP contribution >= 0.6 is 11.6 Å². The molecular formula is C14H12ClFO. The molecule has 0 amide bonds. The van der Waals surface area contributed by atoms with Crippen LogP contribution in [-0.2, 0) is 6.61 Å². The SMILES string of the molecule is Cc1cccc(OCc2cc(F)ccc2Cl)c1. The summed E-state index contributed by atoms with van der Waals surface area (Å²) in [6.45, 7) is 2.25. The Bertz CT molecular complexity index is 525. The molecule has 0 aliphatic rings. The molecule has 0 N–H and O–H groups in total. The average molecular weight is 251 g/mol. The molecule has 88 valence electrons. The largest absolute Gasteiger partial charge is 0.489 e. The van der Waals surface area contributed by atoms with E-state index in [9.17, 15) is 4.39 Å². The molecule has 0 heterocycles. The van der Waals surface area contributed by atoms with Crippen molar-refractivity contribution >= 4 is 11.6 Å². The summed E-state index contributed by atoms with van der Waals surface area (Å²) in [6, 6.07) is 11.9. The third-order valence-corrected chi connectivity index (χ3v) is 2.76. The van der Waals surface area contributed by atoms with Gasteiger partial charge in [0.2, 0.25) is 0 Å². The predicted molar refractivity (Wildman–Crippen MR) is 66.9 cm³/mol. The third kappa shape index (κ3) is 3.21. The van der Waals surface area contributed by atoms with Gasteiger partial charge in [-0.05, 0) is 42.8 Å². The Morgan fingerprint density at radius 3 is 2.76 bits per heavy atom. The topological polar surface area (TPSA) is 9.23 Å². The third-order valence-electron chi connectivity index (χ3n) is 2.39. The zero-order chi connectivity index (χ0) is 12.3. The molecule has 2 aromatic carbocycles. The van der Waals surface area contributed by atoms with Gasteiger partial charge in [-0.2, -0.15) is 0 Å². The highest BCUT2D eigenvalue weighted by Gasteiger charge is 2.03. The van der Waals surface area contributed by atoms with Crippen LogP contribution in [0.25, 0.3) is 0 Å². The lowest BCUT2D eigenvalue weighted by Gasteiger charge is -2.08. The van der Waals surface area contributed by atoms with Crippen molar-refractivity contribution in [2.45, 2.75) is 13.5 Å². The van der Waals surface area contributed by atoms with Crippen molar-refractivity contribution in [1.29, 1.82) is 0 Å². The second-order valence-electron chi connectivity index (χ2n) is 3.84. The van der Waals surface area contributed by atoms with Crippen molar-refractivity contribution in [3.8, 4) is 5.75 Å². The molecule has 17 heavy (non-hydrogen) atoms. The van der Waals surface area contributed by atoms with Gasteiger partial charge in [0.15, 0.2) is 0 Å². The summed E-state index contributed by atoms with van der Waals surface area (Å²) >= 11 is 5.95. The molecule has 2 rings (SSSR count). The first-order valence-corrected chi connectivity index (χ1v) is 5.66. The number of aryl methyl sites for hydroxylation is 1. The van der Waals surface area contributed by atoms with E-state index in [-0.39, 0.29) is 12.4 Å². The van der Waals surface area contributed by atoms with Crippen LogP contribution < -0.4 is 4.74 Å². The second-order valence-corrected chi connectivity index (χ2v) is 4.25. The minimum absolute atomic E-state index is 0.264. The van der Waals surface area contributed by atoms with E-state index >= 15 is 0 Å². The van der Waals surface area contributed by atoms with Gasteiger partial charge < -0.3 is 4.74 Å².